The van der Waals surface area contributed by atoms with E-state index in [9.17, 15) is 0 Å². The normalized spacial score (nSPS) is 17.5. The summed E-state index contributed by atoms with van der Waals surface area (Å²) in [6, 6.07) is 8.78. The molecule has 1 N–H and O–H groups in total. The molecular weight excluding hydrogens is 194 g/mol. The van der Waals surface area contributed by atoms with Crippen LogP contribution in [0.25, 0.3) is 0 Å². The van der Waals surface area contributed by atoms with Crippen LogP contribution in [0.4, 0.5) is 0 Å². The first kappa shape index (κ1) is 11.5. The SMILES string of the molecule is Cc1ccccc1C1CCNCC1.Cl. The minimum Gasteiger partial charge on any atom is -0.317 e. The van der Waals surface area contributed by atoms with E-state index in [-0.39, 0.29) is 12.4 Å². The van der Waals surface area contributed by atoms with Gasteiger partial charge in [-0.2, -0.15) is 0 Å². The van der Waals surface area contributed by atoms with Gasteiger partial charge in [0.05, 0.1) is 0 Å². The molecule has 1 saturated heterocycles. The predicted octanol–water partition coefficient (Wildman–Crippen LogP) is 2.88. The van der Waals surface area contributed by atoms with Crippen molar-refractivity contribution in [1.82, 2.24) is 5.32 Å². The van der Waals surface area contributed by atoms with E-state index in [2.05, 4.69) is 36.5 Å². The van der Waals surface area contributed by atoms with Crippen LogP contribution in [0, 0.1) is 6.92 Å². The van der Waals surface area contributed by atoms with Crippen LogP contribution in [0.15, 0.2) is 24.3 Å². The number of benzene rings is 1. The molecule has 0 aromatic heterocycles. The zero-order chi connectivity index (χ0) is 9.10. The second-order valence-corrected chi connectivity index (χ2v) is 3.88. The van der Waals surface area contributed by atoms with Gasteiger partial charge in [-0.05, 0) is 49.9 Å². The molecule has 1 heterocycles. The molecule has 1 aliphatic rings. The quantitative estimate of drug-likeness (QED) is 0.754. The van der Waals surface area contributed by atoms with Gasteiger partial charge in [0, 0.05) is 0 Å². The lowest BCUT2D eigenvalue weighted by Crippen LogP contribution is -2.26. The molecule has 0 amide bonds. The van der Waals surface area contributed by atoms with Crippen molar-refractivity contribution in [3.63, 3.8) is 0 Å². The predicted molar refractivity (Wildman–Crippen MR) is 63.3 cm³/mol. The van der Waals surface area contributed by atoms with Gasteiger partial charge >= 0.3 is 0 Å². The van der Waals surface area contributed by atoms with Gasteiger partial charge in [0.2, 0.25) is 0 Å². The number of halogens is 1. The van der Waals surface area contributed by atoms with E-state index in [1.807, 2.05) is 0 Å². The third-order valence-electron chi connectivity index (χ3n) is 2.97. The van der Waals surface area contributed by atoms with Crippen molar-refractivity contribution in [3.05, 3.63) is 35.4 Å². The average molecular weight is 212 g/mol. The van der Waals surface area contributed by atoms with Gasteiger partial charge in [0.1, 0.15) is 0 Å². The van der Waals surface area contributed by atoms with Crippen LogP contribution < -0.4 is 5.32 Å². The largest absolute Gasteiger partial charge is 0.317 e. The third kappa shape index (κ3) is 2.49. The Morgan fingerprint density at radius 3 is 2.43 bits per heavy atom. The number of hydrogen-bond donors (Lipinski definition) is 1. The van der Waals surface area contributed by atoms with Gasteiger partial charge in [0.25, 0.3) is 0 Å². The summed E-state index contributed by atoms with van der Waals surface area (Å²) in [7, 11) is 0. The lowest BCUT2D eigenvalue weighted by molar-refractivity contribution is 0.459. The van der Waals surface area contributed by atoms with E-state index in [0.717, 1.165) is 5.92 Å². The molecule has 1 aliphatic heterocycles. The smallest absolute Gasteiger partial charge is 0.00431 e. The first-order chi connectivity index (χ1) is 6.38. The number of rotatable bonds is 1. The first-order valence-corrected chi connectivity index (χ1v) is 5.14. The van der Waals surface area contributed by atoms with Crippen molar-refractivity contribution in [2.45, 2.75) is 25.7 Å². The summed E-state index contributed by atoms with van der Waals surface area (Å²) in [5, 5.41) is 3.40. The molecular formula is C12H18ClN. The van der Waals surface area contributed by atoms with Gasteiger partial charge in [-0.15, -0.1) is 12.4 Å². The number of hydrogen-bond acceptors (Lipinski definition) is 1. The Balaban J connectivity index is 0.000000980. The van der Waals surface area contributed by atoms with E-state index in [0.29, 0.717) is 0 Å². The van der Waals surface area contributed by atoms with E-state index >= 15 is 0 Å². The molecule has 1 aromatic rings. The van der Waals surface area contributed by atoms with Crippen LogP contribution >= 0.6 is 12.4 Å². The monoisotopic (exact) mass is 211 g/mol. The summed E-state index contributed by atoms with van der Waals surface area (Å²) < 4.78 is 0. The molecule has 0 unspecified atom stereocenters. The summed E-state index contributed by atoms with van der Waals surface area (Å²) in [6.07, 6.45) is 2.59. The van der Waals surface area contributed by atoms with Crippen molar-refractivity contribution in [1.29, 1.82) is 0 Å². The molecule has 1 nitrogen and oxygen atoms in total. The molecule has 0 bridgehead atoms. The van der Waals surface area contributed by atoms with E-state index in [1.54, 1.807) is 5.56 Å². The Labute approximate surface area is 92.3 Å². The van der Waals surface area contributed by atoms with Crippen molar-refractivity contribution >= 4 is 12.4 Å². The molecule has 0 aliphatic carbocycles. The molecule has 2 rings (SSSR count). The fraction of sp³-hybridized carbons (Fsp3) is 0.500. The lowest BCUT2D eigenvalue weighted by Gasteiger charge is -2.24. The highest BCUT2D eigenvalue weighted by atomic mass is 35.5. The minimum absolute atomic E-state index is 0. The molecule has 1 fully saturated rings. The Bertz CT molecular complexity index is 279. The summed E-state index contributed by atoms with van der Waals surface area (Å²) in [5.41, 5.74) is 3.01. The van der Waals surface area contributed by atoms with Crippen LogP contribution in [0.3, 0.4) is 0 Å². The van der Waals surface area contributed by atoms with Crippen LogP contribution in [0.1, 0.15) is 29.9 Å². The molecule has 1 aromatic carbocycles. The topological polar surface area (TPSA) is 12.0 Å². The summed E-state index contributed by atoms with van der Waals surface area (Å²) in [5.74, 6) is 0.794. The molecule has 0 radical (unpaired) electrons. The maximum absolute atomic E-state index is 3.40. The Kier molecular flexibility index (Phi) is 4.43. The van der Waals surface area contributed by atoms with Crippen LogP contribution in [0.2, 0.25) is 0 Å². The van der Waals surface area contributed by atoms with Crippen molar-refractivity contribution in [3.8, 4) is 0 Å². The molecule has 0 atom stereocenters. The highest BCUT2D eigenvalue weighted by molar-refractivity contribution is 5.85. The van der Waals surface area contributed by atoms with Gasteiger partial charge in [0.15, 0.2) is 0 Å². The second kappa shape index (κ2) is 5.38. The van der Waals surface area contributed by atoms with Gasteiger partial charge < -0.3 is 5.32 Å². The zero-order valence-electron chi connectivity index (χ0n) is 8.62. The molecule has 0 spiro atoms. The number of aryl methyl sites for hydroxylation is 1. The van der Waals surface area contributed by atoms with Crippen LogP contribution in [-0.2, 0) is 0 Å². The second-order valence-electron chi connectivity index (χ2n) is 3.88. The molecule has 2 heteroatoms. The highest BCUT2D eigenvalue weighted by Crippen LogP contribution is 2.27. The minimum atomic E-state index is 0. The van der Waals surface area contributed by atoms with E-state index < -0.39 is 0 Å². The van der Waals surface area contributed by atoms with Crippen LogP contribution in [0.5, 0.6) is 0 Å². The molecule has 14 heavy (non-hydrogen) atoms. The highest BCUT2D eigenvalue weighted by Gasteiger charge is 2.15. The maximum atomic E-state index is 3.40. The fourth-order valence-corrected chi connectivity index (χ4v) is 2.18. The Morgan fingerprint density at radius 1 is 1.14 bits per heavy atom. The van der Waals surface area contributed by atoms with Crippen molar-refractivity contribution in [2.24, 2.45) is 0 Å². The fourth-order valence-electron chi connectivity index (χ4n) is 2.18. The lowest BCUT2D eigenvalue weighted by atomic mass is 9.88. The van der Waals surface area contributed by atoms with E-state index in [1.165, 1.54) is 31.5 Å². The van der Waals surface area contributed by atoms with Crippen molar-refractivity contribution < 1.29 is 0 Å². The Hall–Kier alpha value is -0.530. The summed E-state index contributed by atoms with van der Waals surface area (Å²) in [6.45, 7) is 4.58. The van der Waals surface area contributed by atoms with Gasteiger partial charge in [-0.3, -0.25) is 0 Å². The molecule has 78 valence electrons. The molecule has 0 saturated carbocycles. The number of piperidine rings is 1. The van der Waals surface area contributed by atoms with Gasteiger partial charge in [-0.1, -0.05) is 24.3 Å². The van der Waals surface area contributed by atoms with Crippen LogP contribution in [-0.4, -0.2) is 13.1 Å². The summed E-state index contributed by atoms with van der Waals surface area (Å²) in [4.78, 5) is 0. The maximum Gasteiger partial charge on any atom is -0.00431 e. The Morgan fingerprint density at radius 2 is 1.79 bits per heavy atom. The summed E-state index contributed by atoms with van der Waals surface area (Å²) >= 11 is 0. The third-order valence-corrected chi connectivity index (χ3v) is 2.97. The first-order valence-electron chi connectivity index (χ1n) is 5.14. The average Bonchev–Trinajstić information content (AvgIpc) is 2.20. The zero-order valence-corrected chi connectivity index (χ0v) is 9.44. The van der Waals surface area contributed by atoms with Crippen molar-refractivity contribution in [2.75, 3.05) is 13.1 Å². The van der Waals surface area contributed by atoms with Gasteiger partial charge in [-0.25, -0.2) is 0 Å². The van der Waals surface area contributed by atoms with E-state index in [4.69, 9.17) is 0 Å². The number of nitrogens with one attached hydrogen (secondary N) is 1. The standard InChI is InChI=1S/C12H17N.ClH/c1-10-4-2-3-5-12(10)11-6-8-13-9-7-11;/h2-5,11,13H,6-9H2,1H3;1H.